The van der Waals surface area contributed by atoms with Crippen LogP contribution < -0.4 is 0 Å². The third-order valence-corrected chi connectivity index (χ3v) is 2.69. The van der Waals surface area contributed by atoms with Crippen LogP contribution in [0.3, 0.4) is 0 Å². The van der Waals surface area contributed by atoms with Crippen LogP contribution >= 0.6 is 0 Å². The Balaban J connectivity index is 2.31. The van der Waals surface area contributed by atoms with Crippen LogP contribution in [0.5, 0.6) is 0 Å². The summed E-state index contributed by atoms with van der Waals surface area (Å²) in [6.45, 7) is 0.467. The topological polar surface area (TPSA) is 0 Å². The van der Waals surface area contributed by atoms with Gasteiger partial charge in [-0.2, -0.15) is 0 Å². The van der Waals surface area contributed by atoms with Crippen molar-refractivity contribution < 1.29 is 1.37 Å². The van der Waals surface area contributed by atoms with Crippen molar-refractivity contribution in [2.24, 2.45) is 0 Å². The number of hydrogen-bond acceptors (Lipinski definition) is 0. The fraction of sp³-hybridized carbons (Fsp3) is 0.200. The summed E-state index contributed by atoms with van der Waals surface area (Å²) in [4.78, 5) is 0. The molecule has 0 nitrogen and oxygen atoms in total. The molecule has 0 aromatic heterocycles. The maximum Gasteiger partial charge on any atom is 0.0231 e. The van der Waals surface area contributed by atoms with Crippen LogP contribution in [0.1, 0.15) is 31.7 Å². The van der Waals surface area contributed by atoms with E-state index < -0.39 is 0 Å². The molecule has 0 unspecified atom stereocenters. The zero-order valence-corrected chi connectivity index (χ0v) is 8.77. The van der Waals surface area contributed by atoms with Crippen LogP contribution in [-0.4, -0.2) is 0 Å². The smallest absolute Gasteiger partial charge is 0.0231 e. The Morgan fingerprint density at radius 2 is 1.33 bits per heavy atom. The molecule has 0 aliphatic rings. The highest BCUT2D eigenvalue weighted by molar-refractivity contribution is 5.31. The predicted molar refractivity (Wildman–Crippen MR) is 65.0 cm³/mol. The van der Waals surface area contributed by atoms with Gasteiger partial charge in [0.25, 0.3) is 0 Å². The molecule has 0 saturated heterocycles. The average Bonchev–Trinajstić information content (AvgIpc) is 2.38. The van der Waals surface area contributed by atoms with Gasteiger partial charge in [-0.15, -0.1) is 0 Å². The van der Waals surface area contributed by atoms with E-state index in [0.717, 1.165) is 6.42 Å². The Kier molecular flexibility index (Phi) is 2.78. The summed E-state index contributed by atoms with van der Waals surface area (Å²) in [6, 6.07) is 20.9. The lowest BCUT2D eigenvalue weighted by atomic mass is 9.89. The van der Waals surface area contributed by atoms with Crippen molar-refractivity contribution in [2.45, 2.75) is 19.2 Å². The normalized spacial score (nSPS) is 11.4. The van der Waals surface area contributed by atoms with Gasteiger partial charge in [-0.3, -0.25) is 0 Å². The van der Waals surface area contributed by atoms with Crippen molar-refractivity contribution in [3.63, 3.8) is 0 Å². The minimum atomic E-state index is 0.361. The van der Waals surface area contributed by atoms with E-state index in [1.165, 1.54) is 11.1 Å². The molecule has 0 bridgehead atoms. The molecular weight excluding hydrogens is 180 g/mol. The number of benzene rings is 2. The van der Waals surface area contributed by atoms with Gasteiger partial charge < -0.3 is 0 Å². The molecule has 0 heterocycles. The van der Waals surface area contributed by atoms with E-state index in [-0.39, 0.29) is 0 Å². The van der Waals surface area contributed by atoms with E-state index in [0.29, 0.717) is 12.8 Å². The summed E-state index contributed by atoms with van der Waals surface area (Å²) in [6.07, 6.45) is 0.883. The minimum absolute atomic E-state index is 0.361. The van der Waals surface area contributed by atoms with Crippen molar-refractivity contribution in [2.75, 3.05) is 0 Å². The average molecular weight is 197 g/mol. The van der Waals surface area contributed by atoms with Gasteiger partial charge in [0.15, 0.2) is 0 Å². The molecule has 0 aliphatic heterocycles. The van der Waals surface area contributed by atoms with Gasteiger partial charge in [-0.1, -0.05) is 67.6 Å². The van der Waals surface area contributed by atoms with Gasteiger partial charge in [0, 0.05) is 7.29 Å². The van der Waals surface area contributed by atoms with Gasteiger partial charge in [-0.05, 0) is 17.5 Å². The third-order valence-electron chi connectivity index (χ3n) is 2.69. The molecule has 0 aliphatic carbocycles. The van der Waals surface area contributed by atoms with Gasteiger partial charge in [-0.25, -0.2) is 0 Å². The fourth-order valence-electron chi connectivity index (χ4n) is 1.90. The SMILES string of the molecule is [2H]CCC(c1ccccc1)c1ccccc1. The Hall–Kier alpha value is -1.56. The molecule has 0 amide bonds. The highest BCUT2D eigenvalue weighted by atomic mass is 14.1. The van der Waals surface area contributed by atoms with Crippen molar-refractivity contribution in [1.82, 2.24) is 0 Å². The number of hydrogen-bond donors (Lipinski definition) is 0. The van der Waals surface area contributed by atoms with Crippen molar-refractivity contribution >= 4 is 0 Å². The van der Waals surface area contributed by atoms with Crippen LogP contribution in [0.15, 0.2) is 60.7 Å². The maximum absolute atomic E-state index is 7.43. The second kappa shape index (κ2) is 4.79. The van der Waals surface area contributed by atoms with Crippen LogP contribution in [0.4, 0.5) is 0 Å². The van der Waals surface area contributed by atoms with Gasteiger partial charge in [0.2, 0.25) is 0 Å². The molecule has 15 heavy (non-hydrogen) atoms. The molecule has 0 fully saturated rings. The Morgan fingerprint density at radius 1 is 0.867 bits per heavy atom. The summed E-state index contributed by atoms with van der Waals surface area (Å²) < 4.78 is 7.43. The monoisotopic (exact) mass is 197 g/mol. The summed E-state index contributed by atoms with van der Waals surface area (Å²) >= 11 is 0. The molecule has 2 aromatic carbocycles. The zero-order chi connectivity index (χ0) is 11.2. The van der Waals surface area contributed by atoms with Crippen LogP contribution in [-0.2, 0) is 0 Å². The van der Waals surface area contributed by atoms with E-state index >= 15 is 0 Å². The van der Waals surface area contributed by atoms with E-state index in [4.69, 9.17) is 1.37 Å². The standard InChI is InChI=1S/C15H16/c1-2-15(13-9-5-3-6-10-13)14-11-7-4-8-12-14/h3-12,15H,2H2,1H3/i1D. The highest BCUT2D eigenvalue weighted by Gasteiger charge is 2.10. The highest BCUT2D eigenvalue weighted by Crippen LogP contribution is 2.26. The van der Waals surface area contributed by atoms with Gasteiger partial charge >= 0.3 is 0 Å². The first-order chi connectivity index (χ1) is 7.92. The lowest BCUT2D eigenvalue weighted by Gasteiger charge is -2.15. The Labute approximate surface area is 93.0 Å². The lowest BCUT2D eigenvalue weighted by molar-refractivity contribution is 0.777. The molecule has 0 N–H and O–H groups in total. The zero-order valence-electron chi connectivity index (χ0n) is 9.77. The first-order valence-electron chi connectivity index (χ1n) is 6.01. The first-order valence-corrected chi connectivity index (χ1v) is 5.31. The van der Waals surface area contributed by atoms with Crippen molar-refractivity contribution in [3.8, 4) is 0 Å². The molecule has 0 atom stereocenters. The predicted octanol–water partition coefficient (Wildman–Crippen LogP) is 4.23. The second-order valence-corrected chi connectivity index (χ2v) is 3.66. The number of rotatable bonds is 3. The third kappa shape index (κ3) is 2.27. The summed E-state index contributed by atoms with van der Waals surface area (Å²) in [5.74, 6) is 0.361. The first kappa shape index (κ1) is 8.72. The van der Waals surface area contributed by atoms with Crippen molar-refractivity contribution in [3.05, 3.63) is 71.8 Å². The van der Waals surface area contributed by atoms with E-state index in [9.17, 15) is 0 Å². The Morgan fingerprint density at radius 3 is 1.73 bits per heavy atom. The summed E-state index contributed by atoms with van der Waals surface area (Å²) in [7, 11) is 0. The largest absolute Gasteiger partial charge is 0.0645 e. The van der Waals surface area contributed by atoms with Crippen molar-refractivity contribution in [1.29, 1.82) is 0 Å². The molecule has 2 rings (SSSR count). The lowest BCUT2D eigenvalue weighted by Crippen LogP contribution is -1.98. The molecule has 2 aromatic rings. The molecular formula is C15H16. The molecule has 0 radical (unpaired) electrons. The van der Waals surface area contributed by atoms with Crippen LogP contribution in [0, 0.1) is 0 Å². The Bertz CT molecular complexity index is 368. The minimum Gasteiger partial charge on any atom is -0.0645 e. The maximum atomic E-state index is 7.43. The van der Waals surface area contributed by atoms with Gasteiger partial charge in [0.05, 0.1) is 0 Å². The van der Waals surface area contributed by atoms with E-state index in [1.807, 2.05) is 12.1 Å². The summed E-state index contributed by atoms with van der Waals surface area (Å²) in [5, 5.41) is 0. The summed E-state index contributed by atoms with van der Waals surface area (Å²) in [5.41, 5.74) is 2.61. The molecule has 0 saturated carbocycles. The second-order valence-electron chi connectivity index (χ2n) is 3.66. The van der Waals surface area contributed by atoms with Crippen LogP contribution in [0.25, 0.3) is 0 Å². The van der Waals surface area contributed by atoms with E-state index in [2.05, 4.69) is 48.5 Å². The molecule has 0 heteroatoms. The van der Waals surface area contributed by atoms with E-state index in [1.54, 1.807) is 0 Å². The fourth-order valence-corrected chi connectivity index (χ4v) is 1.90. The van der Waals surface area contributed by atoms with Gasteiger partial charge in [0.1, 0.15) is 0 Å². The van der Waals surface area contributed by atoms with Crippen LogP contribution in [0.2, 0.25) is 0 Å². The molecule has 76 valence electrons. The quantitative estimate of drug-likeness (QED) is 0.690. The molecule has 0 spiro atoms.